The second kappa shape index (κ2) is 8.20. The van der Waals surface area contributed by atoms with Gasteiger partial charge in [-0.25, -0.2) is 4.79 Å². The van der Waals surface area contributed by atoms with Crippen LogP contribution in [0.3, 0.4) is 0 Å². The smallest absolute Gasteiger partial charge is 0.317 e. The summed E-state index contributed by atoms with van der Waals surface area (Å²) in [6.45, 7) is 6.85. The topological polar surface area (TPSA) is 55.8 Å². The monoisotopic (exact) mass is 319 g/mol. The number of hydrogen-bond acceptors (Lipinski definition) is 3. The van der Waals surface area contributed by atoms with Gasteiger partial charge >= 0.3 is 6.03 Å². The van der Waals surface area contributed by atoms with Crippen molar-refractivity contribution in [1.82, 2.24) is 10.2 Å². The highest BCUT2D eigenvalue weighted by Crippen LogP contribution is 2.23. The summed E-state index contributed by atoms with van der Waals surface area (Å²) in [4.78, 5) is 15.9. The van der Waals surface area contributed by atoms with Crippen molar-refractivity contribution >= 4 is 11.7 Å². The molecule has 1 saturated heterocycles. The van der Waals surface area contributed by atoms with Gasteiger partial charge in [0.05, 0.1) is 12.6 Å². The number of amides is 2. The van der Waals surface area contributed by atoms with Crippen LogP contribution in [-0.2, 0) is 6.54 Å². The molecular weight excluding hydrogens is 290 g/mol. The third kappa shape index (κ3) is 4.86. The minimum atomic E-state index is -0.182. The molecule has 1 aromatic carbocycles. The molecule has 1 unspecified atom stereocenters. The summed E-state index contributed by atoms with van der Waals surface area (Å²) in [6, 6.07) is 8.07. The highest BCUT2D eigenvalue weighted by molar-refractivity contribution is 5.74. The van der Waals surface area contributed by atoms with E-state index in [4.69, 9.17) is 5.11 Å². The van der Waals surface area contributed by atoms with Gasteiger partial charge in [0.15, 0.2) is 0 Å². The molecule has 1 aromatic rings. The van der Waals surface area contributed by atoms with Crippen LogP contribution in [0.15, 0.2) is 24.3 Å². The lowest BCUT2D eigenvalue weighted by molar-refractivity contribution is 0.157. The van der Waals surface area contributed by atoms with E-state index in [0.717, 1.165) is 24.6 Å². The number of anilines is 1. The SMILES string of the molecule is CC1CCN(c2ccc(CNC(=O)N(C)C(C)CO)cc2)CC1. The Morgan fingerprint density at radius 2 is 1.96 bits per heavy atom. The highest BCUT2D eigenvalue weighted by Gasteiger charge is 2.16. The fraction of sp³-hybridized carbons (Fsp3) is 0.611. The predicted molar refractivity (Wildman–Crippen MR) is 93.6 cm³/mol. The van der Waals surface area contributed by atoms with Crippen molar-refractivity contribution in [2.75, 3.05) is 31.6 Å². The zero-order valence-corrected chi connectivity index (χ0v) is 14.5. The van der Waals surface area contributed by atoms with Gasteiger partial charge in [-0.2, -0.15) is 0 Å². The molecule has 0 radical (unpaired) electrons. The van der Waals surface area contributed by atoms with E-state index in [1.807, 2.05) is 6.92 Å². The Labute approximate surface area is 139 Å². The molecule has 0 spiro atoms. The Balaban J connectivity index is 1.84. The third-order valence-electron chi connectivity index (χ3n) is 4.77. The second-order valence-corrected chi connectivity index (χ2v) is 6.64. The number of aliphatic hydroxyl groups is 1. The molecule has 1 atom stereocenters. The molecule has 1 aliphatic heterocycles. The molecule has 2 N–H and O–H groups in total. The first kappa shape index (κ1) is 17.6. The van der Waals surface area contributed by atoms with Crippen LogP contribution < -0.4 is 10.2 Å². The summed E-state index contributed by atoms with van der Waals surface area (Å²) >= 11 is 0. The quantitative estimate of drug-likeness (QED) is 0.876. The van der Waals surface area contributed by atoms with Crippen molar-refractivity contribution in [3.63, 3.8) is 0 Å². The summed E-state index contributed by atoms with van der Waals surface area (Å²) in [6.07, 6.45) is 2.51. The minimum absolute atomic E-state index is 0.0347. The van der Waals surface area contributed by atoms with Crippen LogP contribution in [0, 0.1) is 5.92 Å². The van der Waals surface area contributed by atoms with Crippen LogP contribution in [0.25, 0.3) is 0 Å². The standard InChI is InChI=1S/C18H29N3O2/c1-14-8-10-21(11-9-14)17-6-4-16(5-7-17)12-19-18(23)20(3)15(2)13-22/h4-7,14-15,22H,8-13H2,1-3H3,(H,19,23). The second-order valence-electron chi connectivity index (χ2n) is 6.64. The fourth-order valence-corrected chi connectivity index (χ4v) is 2.72. The Bertz CT molecular complexity index is 495. The van der Waals surface area contributed by atoms with Gasteiger partial charge in [-0.1, -0.05) is 19.1 Å². The number of benzene rings is 1. The lowest BCUT2D eigenvalue weighted by Gasteiger charge is -2.32. The molecule has 1 aliphatic rings. The fourth-order valence-electron chi connectivity index (χ4n) is 2.72. The number of urea groups is 1. The van der Waals surface area contributed by atoms with Crippen molar-refractivity contribution in [2.45, 2.75) is 39.3 Å². The molecule has 0 bridgehead atoms. The maximum atomic E-state index is 12.0. The Morgan fingerprint density at radius 1 is 1.35 bits per heavy atom. The van der Waals surface area contributed by atoms with Crippen molar-refractivity contribution in [1.29, 1.82) is 0 Å². The molecule has 2 amide bonds. The third-order valence-corrected chi connectivity index (χ3v) is 4.77. The van der Waals surface area contributed by atoms with Gasteiger partial charge in [0.2, 0.25) is 0 Å². The molecule has 0 aromatic heterocycles. The van der Waals surface area contributed by atoms with Crippen LogP contribution >= 0.6 is 0 Å². The summed E-state index contributed by atoms with van der Waals surface area (Å²) in [5.41, 5.74) is 2.34. The molecular formula is C18H29N3O2. The lowest BCUT2D eigenvalue weighted by atomic mass is 9.99. The summed E-state index contributed by atoms with van der Waals surface area (Å²) < 4.78 is 0. The van der Waals surface area contributed by atoms with E-state index in [9.17, 15) is 4.79 Å². The molecule has 0 aliphatic carbocycles. The van der Waals surface area contributed by atoms with E-state index >= 15 is 0 Å². The zero-order valence-electron chi connectivity index (χ0n) is 14.5. The first-order valence-corrected chi connectivity index (χ1v) is 8.46. The number of likely N-dealkylation sites (N-methyl/N-ethyl adjacent to an activating group) is 1. The molecule has 5 nitrogen and oxygen atoms in total. The zero-order chi connectivity index (χ0) is 16.8. The Kier molecular flexibility index (Phi) is 6.28. The van der Waals surface area contributed by atoms with Gasteiger partial charge in [0.25, 0.3) is 0 Å². The van der Waals surface area contributed by atoms with Crippen molar-refractivity contribution in [2.24, 2.45) is 5.92 Å². The van der Waals surface area contributed by atoms with E-state index in [2.05, 4.69) is 41.4 Å². The van der Waals surface area contributed by atoms with E-state index in [0.29, 0.717) is 6.54 Å². The van der Waals surface area contributed by atoms with Gasteiger partial charge in [-0.05, 0) is 43.4 Å². The number of rotatable bonds is 5. The number of aliphatic hydroxyl groups excluding tert-OH is 1. The van der Waals surface area contributed by atoms with Crippen LogP contribution in [0.4, 0.5) is 10.5 Å². The normalized spacial score (nSPS) is 17.0. The largest absolute Gasteiger partial charge is 0.394 e. The number of piperidine rings is 1. The summed E-state index contributed by atoms with van der Waals surface area (Å²) in [5, 5.41) is 12.0. The van der Waals surface area contributed by atoms with E-state index in [1.54, 1.807) is 7.05 Å². The Hall–Kier alpha value is -1.75. The van der Waals surface area contributed by atoms with E-state index in [1.165, 1.54) is 23.4 Å². The van der Waals surface area contributed by atoms with Crippen molar-refractivity contribution in [3.8, 4) is 0 Å². The number of hydrogen-bond donors (Lipinski definition) is 2. The molecule has 2 rings (SSSR count). The summed E-state index contributed by atoms with van der Waals surface area (Å²) in [5.74, 6) is 0.832. The van der Waals surface area contributed by atoms with Crippen LogP contribution in [0.5, 0.6) is 0 Å². The van der Waals surface area contributed by atoms with Gasteiger partial charge < -0.3 is 20.2 Å². The number of nitrogens with one attached hydrogen (secondary N) is 1. The van der Waals surface area contributed by atoms with Crippen LogP contribution in [-0.4, -0.2) is 48.8 Å². The minimum Gasteiger partial charge on any atom is -0.394 e. The number of nitrogens with zero attached hydrogens (tertiary/aromatic N) is 2. The van der Waals surface area contributed by atoms with E-state index in [-0.39, 0.29) is 18.7 Å². The number of carbonyl (C=O) groups excluding carboxylic acids is 1. The molecule has 5 heteroatoms. The average molecular weight is 319 g/mol. The molecule has 128 valence electrons. The molecule has 23 heavy (non-hydrogen) atoms. The van der Waals surface area contributed by atoms with Crippen LogP contribution in [0.1, 0.15) is 32.3 Å². The first-order valence-electron chi connectivity index (χ1n) is 8.46. The van der Waals surface area contributed by atoms with E-state index < -0.39 is 0 Å². The van der Waals surface area contributed by atoms with Crippen molar-refractivity contribution in [3.05, 3.63) is 29.8 Å². The first-order chi connectivity index (χ1) is 11.0. The van der Waals surface area contributed by atoms with Gasteiger partial charge in [0.1, 0.15) is 0 Å². The van der Waals surface area contributed by atoms with Crippen LogP contribution in [0.2, 0.25) is 0 Å². The lowest BCUT2D eigenvalue weighted by Crippen LogP contribution is -2.43. The summed E-state index contributed by atoms with van der Waals surface area (Å²) in [7, 11) is 1.69. The Morgan fingerprint density at radius 3 is 2.52 bits per heavy atom. The average Bonchev–Trinajstić information content (AvgIpc) is 2.59. The van der Waals surface area contributed by atoms with Gasteiger partial charge in [-0.3, -0.25) is 0 Å². The molecule has 1 fully saturated rings. The van der Waals surface area contributed by atoms with Crippen molar-refractivity contribution < 1.29 is 9.90 Å². The van der Waals surface area contributed by atoms with Gasteiger partial charge in [0, 0.05) is 32.4 Å². The molecule has 0 saturated carbocycles. The number of carbonyl (C=O) groups is 1. The maximum Gasteiger partial charge on any atom is 0.317 e. The molecule has 1 heterocycles. The predicted octanol–water partition coefficient (Wildman–Crippen LogP) is 2.45. The maximum absolute atomic E-state index is 12.0. The van der Waals surface area contributed by atoms with Gasteiger partial charge in [-0.15, -0.1) is 0 Å². The highest BCUT2D eigenvalue weighted by atomic mass is 16.3.